The Morgan fingerprint density at radius 3 is 2.70 bits per heavy atom. The number of rotatable bonds is 5. The largest absolute Gasteiger partial charge is 0.399 e. The number of hydrogen-bond donors (Lipinski definition) is 3. The van der Waals surface area contributed by atoms with Crippen LogP contribution in [0, 0.1) is 5.92 Å². The van der Waals surface area contributed by atoms with E-state index < -0.39 is 6.03 Å². The average Bonchev–Trinajstić information content (AvgIpc) is 2.35. The highest BCUT2D eigenvalue weighted by atomic mass is 35.5. The maximum absolute atomic E-state index is 11.6. The van der Waals surface area contributed by atoms with Crippen molar-refractivity contribution in [2.45, 2.75) is 18.7 Å². The van der Waals surface area contributed by atoms with Gasteiger partial charge in [-0.3, -0.25) is 10.1 Å². The molecule has 0 aliphatic rings. The van der Waals surface area contributed by atoms with E-state index in [1.54, 1.807) is 18.2 Å². The number of thioether (sulfide) groups is 1. The monoisotopic (exact) mass is 315 g/mol. The topological polar surface area (TPSA) is 84.2 Å². The van der Waals surface area contributed by atoms with E-state index in [9.17, 15) is 9.59 Å². The summed E-state index contributed by atoms with van der Waals surface area (Å²) >= 11 is 7.24. The lowest BCUT2D eigenvalue weighted by atomic mass is 10.2. The Hall–Kier alpha value is -1.40. The Kier molecular flexibility index (Phi) is 6.67. The average molecular weight is 316 g/mol. The molecule has 0 bridgehead atoms. The summed E-state index contributed by atoms with van der Waals surface area (Å²) in [6, 6.07) is 4.60. The van der Waals surface area contributed by atoms with Crippen molar-refractivity contribution in [3.63, 3.8) is 0 Å². The predicted molar refractivity (Wildman–Crippen MR) is 83.0 cm³/mol. The van der Waals surface area contributed by atoms with E-state index in [0.717, 1.165) is 4.90 Å². The van der Waals surface area contributed by atoms with Crippen LogP contribution in [0.5, 0.6) is 0 Å². The van der Waals surface area contributed by atoms with Gasteiger partial charge in [-0.2, -0.15) is 0 Å². The molecule has 0 unspecified atom stereocenters. The van der Waals surface area contributed by atoms with Crippen LogP contribution >= 0.6 is 23.4 Å². The molecular weight excluding hydrogens is 298 g/mol. The van der Waals surface area contributed by atoms with Gasteiger partial charge in [0, 0.05) is 17.1 Å². The van der Waals surface area contributed by atoms with Crippen molar-refractivity contribution in [1.82, 2.24) is 10.6 Å². The summed E-state index contributed by atoms with van der Waals surface area (Å²) in [6.45, 7) is 4.47. The SMILES string of the molecule is CC(C)CNC(=O)NC(=O)CSc1ccc(N)cc1Cl. The maximum atomic E-state index is 11.6. The number of amides is 3. The minimum atomic E-state index is -0.479. The molecule has 0 saturated heterocycles. The number of nitrogens with two attached hydrogens (primary N) is 1. The second kappa shape index (κ2) is 8.01. The van der Waals surface area contributed by atoms with Crippen LogP contribution < -0.4 is 16.4 Å². The number of benzene rings is 1. The van der Waals surface area contributed by atoms with Crippen molar-refractivity contribution in [2.75, 3.05) is 18.0 Å². The summed E-state index contributed by atoms with van der Waals surface area (Å²) in [5.41, 5.74) is 6.15. The van der Waals surface area contributed by atoms with E-state index in [-0.39, 0.29) is 11.7 Å². The van der Waals surface area contributed by atoms with Gasteiger partial charge in [0.05, 0.1) is 10.8 Å². The third kappa shape index (κ3) is 6.16. The number of halogens is 1. The zero-order valence-electron chi connectivity index (χ0n) is 11.4. The number of urea groups is 1. The molecule has 1 aromatic rings. The summed E-state index contributed by atoms with van der Waals surface area (Å²) in [5.74, 6) is 0.0709. The Bertz CT molecular complexity index is 495. The van der Waals surface area contributed by atoms with Gasteiger partial charge in [0.2, 0.25) is 5.91 Å². The van der Waals surface area contributed by atoms with Crippen LogP contribution in [-0.4, -0.2) is 24.2 Å². The van der Waals surface area contributed by atoms with E-state index in [4.69, 9.17) is 17.3 Å². The first-order valence-corrected chi connectivity index (χ1v) is 7.50. The van der Waals surface area contributed by atoms with E-state index in [0.29, 0.717) is 23.2 Å². The first-order chi connectivity index (χ1) is 9.38. The van der Waals surface area contributed by atoms with Crippen molar-refractivity contribution in [2.24, 2.45) is 5.92 Å². The normalized spacial score (nSPS) is 10.4. The maximum Gasteiger partial charge on any atom is 0.321 e. The molecule has 0 heterocycles. The molecule has 3 amide bonds. The number of nitrogen functional groups attached to an aromatic ring is 1. The van der Waals surface area contributed by atoms with Crippen molar-refractivity contribution in [3.8, 4) is 0 Å². The molecule has 1 aromatic carbocycles. The summed E-state index contributed by atoms with van der Waals surface area (Å²) in [7, 11) is 0. The molecule has 0 aliphatic heterocycles. The van der Waals surface area contributed by atoms with Crippen LogP contribution in [0.2, 0.25) is 5.02 Å². The van der Waals surface area contributed by atoms with Gasteiger partial charge < -0.3 is 11.1 Å². The fraction of sp³-hybridized carbons (Fsp3) is 0.385. The first kappa shape index (κ1) is 16.7. The van der Waals surface area contributed by atoms with E-state index in [2.05, 4.69) is 10.6 Å². The Morgan fingerprint density at radius 2 is 2.10 bits per heavy atom. The second-order valence-corrected chi connectivity index (χ2v) is 6.05. The Balaban J connectivity index is 2.38. The fourth-order valence-electron chi connectivity index (χ4n) is 1.28. The molecule has 0 saturated carbocycles. The van der Waals surface area contributed by atoms with Gasteiger partial charge in [-0.05, 0) is 24.1 Å². The molecular formula is C13H18ClN3O2S. The first-order valence-electron chi connectivity index (χ1n) is 6.14. The van der Waals surface area contributed by atoms with Crippen LogP contribution in [0.25, 0.3) is 0 Å². The molecule has 0 atom stereocenters. The highest BCUT2D eigenvalue weighted by molar-refractivity contribution is 8.00. The lowest BCUT2D eigenvalue weighted by molar-refractivity contribution is -0.117. The third-order valence-electron chi connectivity index (χ3n) is 2.24. The molecule has 0 radical (unpaired) electrons. The third-order valence-corrected chi connectivity index (χ3v) is 3.74. The standard InChI is InChI=1S/C13H18ClN3O2S/c1-8(2)6-16-13(19)17-12(18)7-20-11-4-3-9(15)5-10(11)14/h3-5,8H,6-7,15H2,1-2H3,(H2,16,17,18,19). The highest BCUT2D eigenvalue weighted by Crippen LogP contribution is 2.28. The number of carbonyl (C=O) groups is 2. The molecule has 4 N–H and O–H groups in total. The van der Waals surface area contributed by atoms with Gasteiger partial charge in [0.15, 0.2) is 0 Å². The van der Waals surface area contributed by atoms with Gasteiger partial charge >= 0.3 is 6.03 Å². The van der Waals surface area contributed by atoms with Crippen LogP contribution in [-0.2, 0) is 4.79 Å². The van der Waals surface area contributed by atoms with Crippen molar-refractivity contribution >= 4 is 41.0 Å². The van der Waals surface area contributed by atoms with Gasteiger partial charge in [0.1, 0.15) is 0 Å². The minimum absolute atomic E-state index is 0.110. The molecule has 0 fully saturated rings. The molecule has 20 heavy (non-hydrogen) atoms. The van der Waals surface area contributed by atoms with Gasteiger partial charge in [-0.25, -0.2) is 4.79 Å². The molecule has 110 valence electrons. The number of anilines is 1. The van der Waals surface area contributed by atoms with E-state index in [1.165, 1.54) is 11.8 Å². The minimum Gasteiger partial charge on any atom is -0.399 e. The smallest absolute Gasteiger partial charge is 0.321 e. The predicted octanol–water partition coefficient (Wildman–Crippen LogP) is 2.50. The van der Waals surface area contributed by atoms with Crippen molar-refractivity contribution in [1.29, 1.82) is 0 Å². The molecule has 7 heteroatoms. The molecule has 0 aliphatic carbocycles. The summed E-state index contributed by atoms with van der Waals surface area (Å²) in [5, 5.41) is 5.36. The molecule has 5 nitrogen and oxygen atoms in total. The van der Waals surface area contributed by atoms with Crippen LogP contribution in [0.15, 0.2) is 23.1 Å². The lowest BCUT2D eigenvalue weighted by Crippen LogP contribution is -2.41. The molecule has 1 rings (SSSR count). The number of hydrogen-bond acceptors (Lipinski definition) is 4. The number of nitrogens with one attached hydrogen (secondary N) is 2. The molecule has 0 aromatic heterocycles. The van der Waals surface area contributed by atoms with Gasteiger partial charge in [-0.1, -0.05) is 25.4 Å². The van der Waals surface area contributed by atoms with Crippen LogP contribution in [0.4, 0.5) is 10.5 Å². The highest BCUT2D eigenvalue weighted by Gasteiger charge is 2.09. The van der Waals surface area contributed by atoms with Gasteiger partial charge in [-0.15, -0.1) is 11.8 Å². The van der Waals surface area contributed by atoms with Crippen LogP contribution in [0.3, 0.4) is 0 Å². The molecule has 0 spiro atoms. The van der Waals surface area contributed by atoms with E-state index >= 15 is 0 Å². The number of imide groups is 1. The number of carbonyl (C=O) groups excluding carboxylic acids is 2. The zero-order chi connectivity index (χ0) is 15.1. The summed E-state index contributed by atoms with van der Waals surface area (Å²) in [6.07, 6.45) is 0. The zero-order valence-corrected chi connectivity index (χ0v) is 13.0. The lowest BCUT2D eigenvalue weighted by Gasteiger charge is -2.09. The van der Waals surface area contributed by atoms with Gasteiger partial charge in [0.25, 0.3) is 0 Å². The Morgan fingerprint density at radius 1 is 1.40 bits per heavy atom. The van der Waals surface area contributed by atoms with Crippen LogP contribution in [0.1, 0.15) is 13.8 Å². The summed E-state index contributed by atoms with van der Waals surface area (Å²) in [4.78, 5) is 23.7. The van der Waals surface area contributed by atoms with E-state index in [1.807, 2.05) is 13.8 Å². The van der Waals surface area contributed by atoms with Crippen molar-refractivity contribution in [3.05, 3.63) is 23.2 Å². The summed E-state index contributed by atoms with van der Waals surface area (Å²) < 4.78 is 0. The van der Waals surface area contributed by atoms with Crippen molar-refractivity contribution < 1.29 is 9.59 Å². The second-order valence-electron chi connectivity index (χ2n) is 4.63. The Labute approximate surface area is 127 Å². The quantitative estimate of drug-likeness (QED) is 0.576. The fourth-order valence-corrected chi connectivity index (χ4v) is 2.35.